The average molecular weight is 286 g/mol. The third kappa shape index (κ3) is 3.02. The van der Waals surface area contributed by atoms with Gasteiger partial charge in [-0.2, -0.15) is 0 Å². The van der Waals surface area contributed by atoms with Crippen molar-refractivity contribution in [2.24, 2.45) is 5.92 Å². The molecule has 1 atom stereocenters. The molecule has 1 aliphatic rings. The van der Waals surface area contributed by atoms with Crippen molar-refractivity contribution in [3.8, 4) is 0 Å². The second kappa shape index (κ2) is 5.68. The fourth-order valence-corrected chi connectivity index (χ4v) is 2.52. The molecular weight excluding hydrogens is 270 g/mol. The van der Waals surface area contributed by atoms with Gasteiger partial charge in [-0.05, 0) is 48.6 Å². The molecule has 3 rings (SSSR count). The summed E-state index contributed by atoms with van der Waals surface area (Å²) >= 11 is 5.85. The molecule has 1 fully saturated rings. The molecule has 2 aromatic rings. The van der Waals surface area contributed by atoms with E-state index >= 15 is 0 Å². The van der Waals surface area contributed by atoms with Crippen LogP contribution in [0.4, 0.5) is 0 Å². The fraction of sp³-hybridized carbons (Fsp3) is 0.235. The Morgan fingerprint density at radius 3 is 2.30 bits per heavy atom. The molecule has 2 nitrogen and oxygen atoms in total. The Morgan fingerprint density at radius 2 is 1.70 bits per heavy atom. The Bertz CT molecular complexity index is 590. The highest BCUT2D eigenvalue weighted by Crippen LogP contribution is 2.41. The van der Waals surface area contributed by atoms with Gasteiger partial charge in [0.1, 0.15) is 0 Å². The van der Waals surface area contributed by atoms with Crippen molar-refractivity contribution in [2.75, 3.05) is 0 Å². The molecule has 1 aliphatic carbocycles. The van der Waals surface area contributed by atoms with Gasteiger partial charge in [-0.25, -0.2) is 0 Å². The van der Waals surface area contributed by atoms with E-state index < -0.39 is 0 Å². The number of hydrogen-bond donors (Lipinski definition) is 1. The molecule has 0 heterocycles. The van der Waals surface area contributed by atoms with E-state index in [1.807, 2.05) is 18.2 Å². The minimum atomic E-state index is -0.0394. The van der Waals surface area contributed by atoms with Crippen LogP contribution in [0.5, 0.6) is 0 Å². The first kappa shape index (κ1) is 13.2. The summed E-state index contributed by atoms with van der Waals surface area (Å²) in [6.07, 6.45) is 2.36. The molecule has 1 saturated carbocycles. The molecule has 0 bridgehead atoms. The van der Waals surface area contributed by atoms with Crippen LogP contribution in [0.15, 0.2) is 54.6 Å². The Hall–Kier alpha value is -1.80. The molecule has 0 aromatic heterocycles. The van der Waals surface area contributed by atoms with E-state index in [1.54, 1.807) is 24.3 Å². The predicted octanol–water partition coefficient (Wildman–Crippen LogP) is 4.22. The zero-order valence-electron chi connectivity index (χ0n) is 11.1. The minimum absolute atomic E-state index is 0.0394. The van der Waals surface area contributed by atoms with Crippen molar-refractivity contribution >= 4 is 17.5 Å². The van der Waals surface area contributed by atoms with Crippen LogP contribution in [0.1, 0.15) is 34.8 Å². The molecule has 0 saturated heterocycles. The Labute approximate surface area is 123 Å². The molecule has 3 heteroatoms. The minimum Gasteiger partial charge on any atom is -0.345 e. The molecule has 1 N–H and O–H groups in total. The highest BCUT2D eigenvalue weighted by Gasteiger charge is 2.33. The monoisotopic (exact) mass is 285 g/mol. The van der Waals surface area contributed by atoms with Crippen LogP contribution >= 0.6 is 11.6 Å². The van der Waals surface area contributed by atoms with Crippen molar-refractivity contribution in [3.63, 3.8) is 0 Å². The molecule has 0 radical (unpaired) electrons. The number of rotatable bonds is 4. The van der Waals surface area contributed by atoms with E-state index in [-0.39, 0.29) is 11.9 Å². The van der Waals surface area contributed by atoms with Crippen LogP contribution in [-0.4, -0.2) is 5.91 Å². The van der Waals surface area contributed by atoms with Gasteiger partial charge >= 0.3 is 0 Å². The van der Waals surface area contributed by atoms with E-state index in [0.717, 1.165) is 0 Å². The Morgan fingerprint density at radius 1 is 1.05 bits per heavy atom. The van der Waals surface area contributed by atoms with Crippen LogP contribution in [0.3, 0.4) is 0 Å². The quantitative estimate of drug-likeness (QED) is 0.895. The highest BCUT2D eigenvalue weighted by atomic mass is 35.5. The Kier molecular flexibility index (Phi) is 3.75. The number of carbonyl (C=O) groups is 1. The number of benzene rings is 2. The standard InChI is InChI=1S/C17H16ClNO/c18-15-10-8-14(9-11-15)17(20)19-16(13-6-7-13)12-4-2-1-3-5-12/h1-5,8-11,13,16H,6-7H2,(H,19,20). The fourth-order valence-electron chi connectivity index (χ4n) is 2.39. The number of halogens is 1. The van der Waals surface area contributed by atoms with Gasteiger partial charge in [0.05, 0.1) is 6.04 Å². The van der Waals surface area contributed by atoms with E-state index in [4.69, 9.17) is 11.6 Å². The maximum atomic E-state index is 12.3. The van der Waals surface area contributed by atoms with Gasteiger partial charge in [-0.1, -0.05) is 41.9 Å². The van der Waals surface area contributed by atoms with Gasteiger partial charge in [-0.3, -0.25) is 4.79 Å². The summed E-state index contributed by atoms with van der Waals surface area (Å²) in [6, 6.07) is 17.3. The van der Waals surface area contributed by atoms with E-state index in [9.17, 15) is 4.79 Å². The zero-order valence-corrected chi connectivity index (χ0v) is 11.8. The SMILES string of the molecule is O=C(NC(c1ccccc1)C1CC1)c1ccc(Cl)cc1. The van der Waals surface area contributed by atoms with Crippen molar-refractivity contribution < 1.29 is 4.79 Å². The van der Waals surface area contributed by atoms with Crippen molar-refractivity contribution in [1.29, 1.82) is 0 Å². The molecule has 2 aromatic carbocycles. The first-order valence-corrected chi connectivity index (χ1v) is 7.23. The zero-order chi connectivity index (χ0) is 13.9. The maximum Gasteiger partial charge on any atom is 0.251 e. The van der Waals surface area contributed by atoms with Crippen LogP contribution < -0.4 is 5.32 Å². The highest BCUT2D eigenvalue weighted by molar-refractivity contribution is 6.30. The molecule has 20 heavy (non-hydrogen) atoms. The molecule has 1 amide bonds. The van der Waals surface area contributed by atoms with Crippen LogP contribution in [0.2, 0.25) is 5.02 Å². The van der Waals surface area contributed by atoms with Crippen LogP contribution in [-0.2, 0) is 0 Å². The molecule has 102 valence electrons. The van der Waals surface area contributed by atoms with Gasteiger partial charge in [0.25, 0.3) is 5.91 Å². The number of hydrogen-bond acceptors (Lipinski definition) is 1. The maximum absolute atomic E-state index is 12.3. The second-order valence-corrected chi connectivity index (χ2v) is 5.64. The molecule has 1 unspecified atom stereocenters. The lowest BCUT2D eigenvalue weighted by Gasteiger charge is -2.19. The van der Waals surface area contributed by atoms with Gasteiger partial charge in [-0.15, -0.1) is 0 Å². The second-order valence-electron chi connectivity index (χ2n) is 5.21. The summed E-state index contributed by atoms with van der Waals surface area (Å²) in [5.74, 6) is 0.524. The number of nitrogens with one attached hydrogen (secondary N) is 1. The van der Waals surface area contributed by atoms with Crippen molar-refractivity contribution in [2.45, 2.75) is 18.9 Å². The summed E-state index contributed by atoms with van der Waals surface area (Å²) in [7, 11) is 0. The largest absolute Gasteiger partial charge is 0.345 e. The summed E-state index contributed by atoms with van der Waals surface area (Å²) in [5.41, 5.74) is 1.83. The van der Waals surface area contributed by atoms with Crippen molar-refractivity contribution in [1.82, 2.24) is 5.32 Å². The van der Waals surface area contributed by atoms with Crippen LogP contribution in [0.25, 0.3) is 0 Å². The average Bonchev–Trinajstić information content (AvgIpc) is 3.31. The summed E-state index contributed by atoms with van der Waals surface area (Å²) in [5, 5.41) is 3.79. The van der Waals surface area contributed by atoms with Gasteiger partial charge < -0.3 is 5.32 Å². The van der Waals surface area contributed by atoms with Crippen molar-refractivity contribution in [3.05, 3.63) is 70.7 Å². The topological polar surface area (TPSA) is 29.1 Å². The predicted molar refractivity (Wildman–Crippen MR) is 80.8 cm³/mol. The summed E-state index contributed by atoms with van der Waals surface area (Å²) in [4.78, 5) is 12.3. The molecule has 0 aliphatic heterocycles. The first-order valence-electron chi connectivity index (χ1n) is 6.85. The smallest absolute Gasteiger partial charge is 0.251 e. The van der Waals surface area contributed by atoms with E-state index in [1.165, 1.54) is 18.4 Å². The Balaban J connectivity index is 1.77. The lowest BCUT2D eigenvalue weighted by molar-refractivity contribution is 0.0931. The number of carbonyl (C=O) groups excluding carboxylic acids is 1. The molecular formula is C17H16ClNO. The summed E-state index contributed by atoms with van der Waals surface area (Å²) < 4.78 is 0. The van der Waals surface area contributed by atoms with E-state index in [0.29, 0.717) is 16.5 Å². The first-order chi connectivity index (χ1) is 9.74. The van der Waals surface area contributed by atoms with Crippen LogP contribution in [0, 0.1) is 5.92 Å². The normalized spacial score (nSPS) is 15.7. The van der Waals surface area contributed by atoms with E-state index in [2.05, 4.69) is 17.4 Å². The molecule has 0 spiro atoms. The van der Waals surface area contributed by atoms with Gasteiger partial charge in [0.2, 0.25) is 0 Å². The third-order valence-electron chi connectivity index (χ3n) is 3.65. The lowest BCUT2D eigenvalue weighted by Crippen LogP contribution is -2.29. The summed E-state index contributed by atoms with van der Waals surface area (Å²) in [6.45, 7) is 0. The number of amides is 1. The third-order valence-corrected chi connectivity index (χ3v) is 3.90. The van der Waals surface area contributed by atoms with Gasteiger partial charge in [0, 0.05) is 10.6 Å². The van der Waals surface area contributed by atoms with Gasteiger partial charge in [0.15, 0.2) is 0 Å². The lowest BCUT2D eigenvalue weighted by atomic mass is 10.0.